The van der Waals surface area contributed by atoms with Crippen LogP contribution in [0.15, 0.2) is 9.59 Å². The van der Waals surface area contributed by atoms with Crippen molar-refractivity contribution < 1.29 is 4.21 Å². The van der Waals surface area contributed by atoms with Gasteiger partial charge in [-0.2, -0.15) is 0 Å². The van der Waals surface area contributed by atoms with Crippen LogP contribution in [-0.4, -0.2) is 31.4 Å². The first kappa shape index (κ1) is 17.5. The van der Waals surface area contributed by atoms with Gasteiger partial charge in [-0.05, 0) is 6.42 Å². The first-order valence-electron chi connectivity index (χ1n) is 7.12. The Morgan fingerprint density at radius 2 is 1.95 bits per heavy atom. The quantitative estimate of drug-likeness (QED) is 0.709. The molecule has 1 aromatic heterocycles. The zero-order valence-electron chi connectivity index (χ0n) is 12.8. The largest absolute Gasteiger partial charge is 0.383 e. The van der Waals surface area contributed by atoms with Crippen molar-refractivity contribution in [3.63, 3.8) is 0 Å². The number of nitrogens with one attached hydrogen (secondary N) is 1. The van der Waals surface area contributed by atoms with Crippen molar-refractivity contribution >= 4 is 22.3 Å². The number of hydrogen-bond acceptors (Lipinski definition) is 5. The van der Waals surface area contributed by atoms with Crippen LogP contribution in [0.25, 0.3) is 0 Å². The van der Waals surface area contributed by atoms with Gasteiger partial charge in [0.25, 0.3) is 5.56 Å². The predicted octanol–water partition coefficient (Wildman–Crippen LogP) is 0.110. The third kappa shape index (κ3) is 4.20. The van der Waals surface area contributed by atoms with Crippen molar-refractivity contribution in [2.45, 2.75) is 33.2 Å². The molecule has 0 aromatic carbocycles. The second-order valence-electron chi connectivity index (χ2n) is 4.77. The highest BCUT2D eigenvalue weighted by atomic mass is 32.2. The molecule has 1 atom stereocenters. The minimum atomic E-state index is -0.914. The first-order valence-corrected chi connectivity index (χ1v) is 8.60. The Hall–Kier alpha value is -1.57. The van der Waals surface area contributed by atoms with Crippen LogP contribution in [0.4, 0.5) is 11.5 Å². The van der Waals surface area contributed by atoms with Gasteiger partial charge in [0, 0.05) is 42.4 Å². The van der Waals surface area contributed by atoms with Gasteiger partial charge in [-0.25, -0.2) is 4.79 Å². The van der Waals surface area contributed by atoms with E-state index in [9.17, 15) is 13.8 Å². The minimum Gasteiger partial charge on any atom is -0.383 e. The number of nitrogens with two attached hydrogens (primary N) is 1. The van der Waals surface area contributed by atoms with Gasteiger partial charge in [0.15, 0.2) is 0 Å². The van der Waals surface area contributed by atoms with Gasteiger partial charge in [0.05, 0.1) is 0 Å². The number of nitrogens with zero attached hydrogens (tertiary/aromatic N) is 2. The van der Waals surface area contributed by atoms with Gasteiger partial charge in [-0.15, -0.1) is 0 Å². The molecule has 1 rings (SSSR count). The van der Waals surface area contributed by atoms with Crippen molar-refractivity contribution in [2.24, 2.45) is 7.05 Å². The Morgan fingerprint density at radius 1 is 1.29 bits per heavy atom. The van der Waals surface area contributed by atoms with Gasteiger partial charge in [0.2, 0.25) is 0 Å². The second-order valence-corrected chi connectivity index (χ2v) is 6.64. The van der Waals surface area contributed by atoms with Crippen molar-refractivity contribution in [1.29, 1.82) is 0 Å². The van der Waals surface area contributed by atoms with Crippen molar-refractivity contribution in [3.8, 4) is 0 Å². The number of hydrogen-bond donors (Lipinski definition) is 2. The van der Waals surface area contributed by atoms with Crippen LogP contribution in [0, 0.1) is 0 Å². The minimum absolute atomic E-state index is 0.152. The molecule has 0 aliphatic rings. The normalized spacial score (nSPS) is 12.3. The molecule has 0 saturated heterocycles. The van der Waals surface area contributed by atoms with Crippen molar-refractivity contribution in [2.75, 3.05) is 29.1 Å². The summed E-state index contributed by atoms with van der Waals surface area (Å²) in [6.07, 6.45) is 1.73. The number of nitrogen functional groups attached to an aromatic ring is 1. The molecule has 0 saturated carbocycles. The van der Waals surface area contributed by atoms with Gasteiger partial charge in [-0.1, -0.05) is 20.3 Å². The van der Waals surface area contributed by atoms with E-state index in [-0.39, 0.29) is 11.5 Å². The zero-order valence-corrected chi connectivity index (χ0v) is 13.7. The lowest BCUT2D eigenvalue weighted by atomic mass is 10.3. The summed E-state index contributed by atoms with van der Waals surface area (Å²) in [5.41, 5.74) is 5.30. The maximum atomic E-state index is 12.1. The predicted molar refractivity (Wildman–Crippen MR) is 87.3 cm³/mol. The summed E-state index contributed by atoms with van der Waals surface area (Å²) >= 11 is 0. The van der Waals surface area contributed by atoms with Crippen LogP contribution in [0.2, 0.25) is 0 Å². The molecular formula is C13H24N4O3S. The summed E-state index contributed by atoms with van der Waals surface area (Å²) in [6, 6.07) is 0. The van der Waals surface area contributed by atoms with Gasteiger partial charge >= 0.3 is 5.69 Å². The van der Waals surface area contributed by atoms with Crippen LogP contribution in [0.5, 0.6) is 0 Å². The fourth-order valence-corrected chi connectivity index (χ4v) is 2.53. The molecule has 21 heavy (non-hydrogen) atoms. The number of anilines is 2. The average Bonchev–Trinajstić information content (AvgIpc) is 2.48. The third-order valence-corrected chi connectivity index (χ3v) is 4.58. The van der Waals surface area contributed by atoms with Crippen LogP contribution in [-0.2, 0) is 24.4 Å². The van der Waals surface area contributed by atoms with Gasteiger partial charge in [0.1, 0.15) is 11.5 Å². The Labute approximate surface area is 126 Å². The van der Waals surface area contributed by atoms with Crippen molar-refractivity contribution in [3.05, 3.63) is 20.8 Å². The Bertz CT molecular complexity index is 621. The standard InChI is InChI=1S/C13H24N4O3S/c1-4-6-8-17-11(14)10(12(18)16(3)13(17)19)15-7-9-21(20)5-2/h15H,4-9,14H2,1-3H3. The Kier molecular flexibility index (Phi) is 6.67. The lowest BCUT2D eigenvalue weighted by Gasteiger charge is -2.15. The third-order valence-electron chi connectivity index (χ3n) is 3.27. The number of unbranched alkanes of at least 4 members (excludes halogenated alkanes) is 1. The second kappa shape index (κ2) is 8.02. The molecule has 1 aromatic rings. The van der Waals surface area contributed by atoms with E-state index in [1.165, 1.54) is 11.6 Å². The summed E-state index contributed by atoms with van der Waals surface area (Å²) in [5, 5.41) is 2.92. The molecule has 0 amide bonds. The molecule has 120 valence electrons. The molecule has 3 N–H and O–H groups in total. The highest BCUT2D eigenvalue weighted by molar-refractivity contribution is 7.84. The summed E-state index contributed by atoms with van der Waals surface area (Å²) in [6.45, 7) is 4.72. The van der Waals surface area contributed by atoms with Gasteiger partial charge < -0.3 is 11.1 Å². The summed E-state index contributed by atoms with van der Waals surface area (Å²) in [5.74, 6) is 1.16. The highest BCUT2D eigenvalue weighted by Gasteiger charge is 2.14. The number of rotatable bonds is 8. The molecule has 0 radical (unpaired) electrons. The van der Waals surface area contributed by atoms with Crippen LogP contribution >= 0.6 is 0 Å². The van der Waals surface area contributed by atoms with E-state index < -0.39 is 22.0 Å². The molecule has 0 bridgehead atoms. The van der Waals surface area contributed by atoms with Crippen LogP contribution < -0.4 is 22.3 Å². The molecule has 1 unspecified atom stereocenters. The molecule has 0 aliphatic carbocycles. The lowest BCUT2D eigenvalue weighted by Crippen LogP contribution is -2.41. The smallest absolute Gasteiger partial charge is 0.332 e. The molecule has 0 aliphatic heterocycles. The Morgan fingerprint density at radius 3 is 2.52 bits per heavy atom. The van der Waals surface area contributed by atoms with Crippen LogP contribution in [0.1, 0.15) is 26.7 Å². The molecule has 1 heterocycles. The van der Waals surface area contributed by atoms with Crippen molar-refractivity contribution in [1.82, 2.24) is 9.13 Å². The maximum Gasteiger partial charge on any atom is 0.332 e. The first-order chi connectivity index (χ1) is 9.93. The highest BCUT2D eigenvalue weighted by Crippen LogP contribution is 2.11. The molecule has 0 fully saturated rings. The number of aromatic nitrogens is 2. The van der Waals surface area contributed by atoms with Gasteiger partial charge in [-0.3, -0.25) is 18.1 Å². The van der Waals surface area contributed by atoms with E-state index in [0.29, 0.717) is 24.6 Å². The van der Waals surface area contributed by atoms with E-state index in [0.717, 1.165) is 17.4 Å². The fraction of sp³-hybridized carbons (Fsp3) is 0.692. The molecule has 0 spiro atoms. The molecular weight excluding hydrogens is 292 g/mol. The van der Waals surface area contributed by atoms with E-state index >= 15 is 0 Å². The summed E-state index contributed by atoms with van der Waals surface area (Å²) < 4.78 is 13.9. The molecule has 7 nitrogen and oxygen atoms in total. The summed E-state index contributed by atoms with van der Waals surface area (Å²) in [7, 11) is 0.518. The summed E-state index contributed by atoms with van der Waals surface area (Å²) in [4.78, 5) is 24.2. The van der Waals surface area contributed by atoms with E-state index in [1.807, 2.05) is 13.8 Å². The Balaban J connectivity index is 3.08. The molecule has 8 heteroatoms. The van der Waals surface area contributed by atoms with E-state index in [4.69, 9.17) is 5.73 Å². The monoisotopic (exact) mass is 316 g/mol. The van der Waals surface area contributed by atoms with E-state index in [1.54, 1.807) is 0 Å². The topological polar surface area (TPSA) is 99.1 Å². The fourth-order valence-electron chi connectivity index (χ4n) is 1.92. The average molecular weight is 316 g/mol. The van der Waals surface area contributed by atoms with E-state index in [2.05, 4.69) is 5.32 Å². The lowest BCUT2D eigenvalue weighted by molar-refractivity contribution is 0.575. The van der Waals surface area contributed by atoms with Crippen LogP contribution in [0.3, 0.4) is 0 Å². The zero-order chi connectivity index (χ0) is 16.0. The SMILES string of the molecule is CCCCn1c(N)c(NCCS(=O)CC)c(=O)n(C)c1=O. The maximum absolute atomic E-state index is 12.1.